The summed E-state index contributed by atoms with van der Waals surface area (Å²) in [6, 6.07) is 0. The van der Waals surface area contributed by atoms with E-state index in [9.17, 15) is 9.36 Å². The monoisotopic (exact) mass is 238 g/mol. The Morgan fingerprint density at radius 3 is 2.47 bits per heavy atom. The number of esters is 1. The minimum atomic E-state index is -4.32. The number of carbonyl (C=O) groups excluding carboxylic acids is 1. The van der Waals surface area contributed by atoms with Crippen LogP contribution in [0.5, 0.6) is 0 Å². The van der Waals surface area contributed by atoms with Crippen molar-refractivity contribution >= 4 is 13.6 Å². The Kier molecular flexibility index (Phi) is 6.43. The van der Waals surface area contributed by atoms with Gasteiger partial charge in [0, 0.05) is 0 Å². The summed E-state index contributed by atoms with van der Waals surface area (Å²) in [5.74, 6) is -0.928. The molecule has 0 aromatic carbocycles. The highest BCUT2D eigenvalue weighted by atomic mass is 31.2. The Morgan fingerprint density at radius 1 is 1.40 bits per heavy atom. The largest absolute Gasteiger partial charge is 0.463 e. The zero-order valence-electron chi connectivity index (χ0n) is 8.51. The van der Waals surface area contributed by atoms with Crippen molar-refractivity contribution in [3.05, 3.63) is 12.2 Å². The van der Waals surface area contributed by atoms with Crippen molar-refractivity contribution in [1.29, 1.82) is 0 Å². The predicted octanol–water partition coefficient (Wildman–Crippen LogP) is 0.300. The minimum Gasteiger partial charge on any atom is -0.463 e. The van der Waals surface area contributed by atoms with E-state index in [-0.39, 0.29) is 13.2 Å². The van der Waals surface area contributed by atoms with E-state index in [0.717, 1.165) is 5.57 Å². The van der Waals surface area contributed by atoms with Gasteiger partial charge in [-0.3, -0.25) is 9.36 Å². The van der Waals surface area contributed by atoms with Gasteiger partial charge in [0.15, 0.2) is 0 Å². The molecule has 0 spiro atoms. The van der Waals surface area contributed by atoms with Gasteiger partial charge in [-0.05, 0) is 6.92 Å². The molecule has 2 N–H and O–H groups in total. The summed E-state index contributed by atoms with van der Waals surface area (Å²) in [6.45, 7) is 5.92. The van der Waals surface area contributed by atoms with Crippen LogP contribution >= 0.6 is 7.60 Å². The molecule has 88 valence electrons. The standard InChI is InChI=1S/C8H15O6P/c1-7(2)5-13-3-4-14-8(9)6-15(10,11)12/h1,3-6H2,2H3,(H2,10,11,12). The van der Waals surface area contributed by atoms with E-state index in [0.29, 0.717) is 6.61 Å². The van der Waals surface area contributed by atoms with Gasteiger partial charge in [0.2, 0.25) is 0 Å². The quantitative estimate of drug-likeness (QED) is 0.287. The first kappa shape index (κ1) is 14.3. The van der Waals surface area contributed by atoms with Gasteiger partial charge in [0.25, 0.3) is 0 Å². The summed E-state index contributed by atoms with van der Waals surface area (Å²) < 4.78 is 19.9. The summed E-state index contributed by atoms with van der Waals surface area (Å²) >= 11 is 0. The van der Waals surface area contributed by atoms with Crippen LogP contribution in [-0.2, 0) is 18.8 Å². The van der Waals surface area contributed by atoms with Crippen LogP contribution in [0.3, 0.4) is 0 Å². The molecular weight excluding hydrogens is 223 g/mol. The summed E-state index contributed by atoms with van der Waals surface area (Å²) in [6.07, 6.45) is -0.895. The second kappa shape index (κ2) is 6.74. The molecule has 0 aliphatic carbocycles. The lowest BCUT2D eigenvalue weighted by atomic mass is 10.4. The summed E-state index contributed by atoms with van der Waals surface area (Å²) in [7, 11) is -4.32. The third-order valence-electron chi connectivity index (χ3n) is 1.17. The molecule has 0 saturated carbocycles. The molecule has 7 heteroatoms. The van der Waals surface area contributed by atoms with Crippen LogP contribution in [0.15, 0.2) is 12.2 Å². The predicted molar refractivity (Wildman–Crippen MR) is 53.5 cm³/mol. The van der Waals surface area contributed by atoms with E-state index >= 15 is 0 Å². The lowest BCUT2D eigenvalue weighted by Crippen LogP contribution is -2.14. The second-order valence-corrected chi connectivity index (χ2v) is 4.70. The van der Waals surface area contributed by atoms with Crippen LogP contribution in [-0.4, -0.2) is 41.7 Å². The smallest absolute Gasteiger partial charge is 0.336 e. The van der Waals surface area contributed by atoms with Crippen LogP contribution in [0.25, 0.3) is 0 Å². The summed E-state index contributed by atoms with van der Waals surface area (Å²) in [4.78, 5) is 27.6. The molecule has 0 aromatic heterocycles. The first-order valence-electron chi connectivity index (χ1n) is 4.23. The first-order valence-corrected chi connectivity index (χ1v) is 6.03. The minimum absolute atomic E-state index is 0.0217. The van der Waals surface area contributed by atoms with Gasteiger partial charge in [-0.25, -0.2) is 0 Å². The number of ether oxygens (including phenoxy) is 2. The Balaban J connectivity index is 3.48. The first-order chi connectivity index (χ1) is 6.81. The Hall–Kier alpha value is -0.680. The van der Waals surface area contributed by atoms with Crippen LogP contribution in [0.1, 0.15) is 6.92 Å². The third-order valence-corrected chi connectivity index (χ3v) is 1.84. The van der Waals surface area contributed by atoms with Crippen LogP contribution in [0.4, 0.5) is 0 Å². The zero-order chi connectivity index (χ0) is 11.9. The van der Waals surface area contributed by atoms with E-state index in [1.807, 2.05) is 0 Å². The molecule has 0 radical (unpaired) electrons. The van der Waals surface area contributed by atoms with Crippen LogP contribution in [0.2, 0.25) is 0 Å². The van der Waals surface area contributed by atoms with Gasteiger partial charge < -0.3 is 19.3 Å². The van der Waals surface area contributed by atoms with Crippen molar-refractivity contribution in [3.63, 3.8) is 0 Å². The van der Waals surface area contributed by atoms with E-state index in [1.165, 1.54) is 0 Å². The molecule has 0 aromatic rings. The van der Waals surface area contributed by atoms with Gasteiger partial charge in [-0.2, -0.15) is 0 Å². The van der Waals surface area contributed by atoms with E-state index in [2.05, 4.69) is 11.3 Å². The molecule has 0 saturated heterocycles. The number of rotatable bonds is 7. The highest BCUT2D eigenvalue weighted by molar-refractivity contribution is 7.52. The topological polar surface area (TPSA) is 93.1 Å². The fourth-order valence-electron chi connectivity index (χ4n) is 0.675. The molecule has 15 heavy (non-hydrogen) atoms. The highest BCUT2D eigenvalue weighted by Gasteiger charge is 2.19. The second-order valence-electron chi connectivity index (χ2n) is 3.05. The van der Waals surface area contributed by atoms with Gasteiger partial charge in [-0.15, -0.1) is 0 Å². The molecule has 0 aliphatic rings. The van der Waals surface area contributed by atoms with Crippen molar-refractivity contribution < 1.29 is 28.6 Å². The molecule has 0 amide bonds. The van der Waals surface area contributed by atoms with Gasteiger partial charge in [-0.1, -0.05) is 12.2 Å². The molecule has 0 heterocycles. The average molecular weight is 238 g/mol. The van der Waals surface area contributed by atoms with Crippen LogP contribution in [0, 0.1) is 0 Å². The Morgan fingerprint density at radius 2 is 2.00 bits per heavy atom. The maximum Gasteiger partial charge on any atom is 0.336 e. The van der Waals surface area contributed by atoms with Crippen molar-refractivity contribution in [2.24, 2.45) is 0 Å². The fraction of sp³-hybridized carbons (Fsp3) is 0.625. The van der Waals surface area contributed by atoms with Crippen molar-refractivity contribution in [2.45, 2.75) is 6.92 Å². The van der Waals surface area contributed by atoms with Crippen molar-refractivity contribution in [1.82, 2.24) is 0 Å². The molecule has 0 aliphatic heterocycles. The van der Waals surface area contributed by atoms with E-state index in [4.69, 9.17) is 14.5 Å². The molecule has 0 atom stereocenters. The zero-order valence-corrected chi connectivity index (χ0v) is 9.40. The number of carbonyl (C=O) groups is 1. The summed E-state index contributed by atoms with van der Waals surface area (Å²) in [5.41, 5.74) is 0.844. The molecule has 0 rings (SSSR count). The normalized spacial score (nSPS) is 11.1. The lowest BCUT2D eigenvalue weighted by molar-refractivity contribution is -0.142. The van der Waals surface area contributed by atoms with E-state index in [1.54, 1.807) is 6.92 Å². The van der Waals surface area contributed by atoms with E-state index < -0.39 is 19.7 Å². The van der Waals surface area contributed by atoms with Crippen molar-refractivity contribution in [2.75, 3.05) is 26.0 Å². The average Bonchev–Trinajstić information content (AvgIpc) is 1.99. The maximum absolute atomic E-state index is 10.8. The van der Waals surface area contributed by atoms with Crippen LogP contribution < -0.4 is 0 Å². The molecule has 0 bridgehead atoms. The SMILES string of the molecule is C=C(C)COCCOC(=O)CP(=O)(O)O. The van der Waals surface area contributed by atoms with Gasteiger partial charge in [0.1, 0.15) is 12.8 Å². The maximum atomic E-state index is 10.8. The molecule has 0 fully saturated rings. The van der Waals surface area contributed by atoms with Gasteiger partial charge >= 0.3 is 13.6 Å². The number of hydrogen-bond donors (Lipinski definition) is 2. The van der Waals surface area contributed by atoms with Gasteiger partial charge in [0.05, 0.1) is 13.2 Å². The lowest BCUT2D eigenvalue weighted by Gasteiger charge is -2.06. The Bertz CT molecular complexity index is 268. The number of hydrogen-bond acceptors (Lipinski definition) is 4. The Labute approximate surface area is 88.0 Å². The molecule has 6 nitrogen and oxygen atoms in total. The van der Waals surface area contributed by atoms with Crippen molar-refractivity contribution in [3.8, 4) is 0 Å². The molecular formula is C8H15O6P. The fourth-order valence-corrected chi connectivity index (χ4v) is 1.10. The summed E-state index contributed by atoms with van der Waals surface area (Å²) in [5, 5.41) is 0. The highest BCUT2D eigenvalue weighted by Crippen LogP contribution is 2.33. The third kappa shape index (κ3) is 11.2. The molecule has 0 unspecified atom stereocenters.